The maximum atomic E-state index is 12.8. The highest BCUT2D eigenvalue weighted by molar-refractivity contribution is 5.80. The van der Waals surface area contributed by atoms with Gasteiger partial charge in [0.05, 0.1) is 11.3 Å². The molecule has 0 bridgehead atoms. The third-order valence-electron chi connectivity index (χ3n) is 5.35. The minimum Gasteiger partial charge on any atom is -0.338 e. The van der Waals surface area contributed by atoms with Crippen LogP contribution in [0.5, 0.6) is 0 Å². The van der Waals surface area contributed by atoms with E-state index in [-0.39, 0.29) is 11.8 Å². The van der Waals surface area contributed by atoms with Crippen LogP contribution in [0.3, 0.4) is 0 Å². The average Bonchev–Trinajstić information content (AvgIpc) is 3.10. The van der Waals surface area contributed by atoms with Gasteiger partial charge in [0.25, 0.3) is 0 Å². The predicted molar refractivity (Wildman–Crippen MR) is 94.6 cm³/mol. The van der Waals surface area contributed by atoms with E-state index in [1.54, 1.807) is 0 Å². The Morgan fingerprint density at radius 2 is 1.96 bits per heavy atom. The van der Waals surface area contributed by atoms with Crippen molar-refractivity contribution in [3.63, 3.8) is 0 Å². The molecular weight excluding hydrogens is 355 g/mol. The number of H-pyrrole nitrogens is 1. The van der Waals surface area contributed by atoms with Crippen molar-refractivity contribution in [2.24, 2.45) is 5.92 Å². The normalized spacial score (nSPS) is 19.8. The molecule has 27 heavy (non-hydrogen) atoms. The van der Waals surface area contributed by atoms with Crippen molar-refractivity contribution in [2.45, 2.75) is 38.4 Å². The van der Waals surface area contributed by atoms with Crippen LogP contribution in [-0.4, -0.2) is 27.5 Å². The van der Waals surface area contributed by atoms with Crippen molar-refractivity contribution >= 4 is 5.91 Å². The molecule has 4 nitrogen and oxygen atoms in total. The van der Waals surface area contributed by atoms with Gasteiger partial charge in [-0.2, -0.15) is 18.3 Å². The number of hydrogen-bond acceptors (Lipinski definition) is 2. The summed E-state index contributed by atoms with van der Waals surface area (Å²) in [5.41, 5.74) is 2.42. The van der Waals surface area contributed by atoms with Crippen LogP contribution in [0.4, 0.5) is 13.2 Å². The van der Waals surface area contributed by atoms with Gasteiger partial charge in [0, 0.05) is 42.2 Å². The Morgan fingerprint density at radius 3 is 2.63 bits per heavy atom. The molecular formula is C20H20F3N3O. The molecule has 0 saturated heterocycles. The molecule has 142 valence electrons. The lowest BCUT2D eigenvalue weighted by molar-refractivity contribution is -0.138. The molecule has 0 unspecified atom stereocenters. The fourth-order valence-electron chi connectivity index (χ4n) is 3.82. The number of hydrogen-bond donors (Lipinski definition) is 1. The summed E-state index contributed by atoms with van der Waals surface area (Å²) in [6.45, 7) is 1.09. The van der Waals surface area contributed by atoms with Crippen LogP contribution in [0.15, 0.2) is 36.4 Å². The van der Waals surface area contributed by atoms with Gasteiger partial charge in [-0.25, -0.2) is 0 Å². The molecule has 0 fully saturated rings. The summed E-state index contributed by atoms with van der Waals surface area (Å²) in [5, 5.41) is 7.30. The van der Waals surface area contributed by atoms with Crippen LogP contribution in [0.2, 0.25) is 0 Å². The number of nitrogens with zero attached hydrogens (tertiary/aromatic N) is 2. The van der Waals surface area contributed by atoms with Gasteiger partial charge in [0.15, 0.2) is 0 Å². The topological polar surface area (TPSA) is 49.0 Å². The van der Waals surface area contributed by atoms with Crippen molar-refractivity contribution in [2.75, 3.05) is 6.54 Å². The van der Waals surface area contributed by atoms with Gasteiger partial charge in [-0.1, -0.05) is 24.3 Å². The molecule has 7 heteroatoms. The Bertz CT molecular complexity index is 868. The molecule has 1 aliphatic carbocycles. The summed E-state index contributed by atoms with van der Waals surface area (Å²) in [6, 6.07) is 5.00. The monoisotopic (exact) mass is 375 g/mol. The number of fused-ring (bicyclic) bond motifs is 1. The Kier molecular flexibility index (Phi) is 4.53. The number of carbonyl (C=O) groups excluding carboxylic acids is 1. The molecule has 1 aromatic carbocycles. The highest BCUT2D eigenvalue weighted by atomic mass is 19.4. The maximum absolute atomic E-state index is 12.8. The number of amides is 1. The number of carbonyl (C=O) groups is 1. The van der Waals surface area contributed by atoms with E-state index in [1.165, 1.54) is 12.1 Å². The molecule has 1 aliphatic heterocycles. The number of allylic oxidation sites excluding steroid dienone is 2. The molecule has 0 spiro atoms. The Balaban J connectivity index is 1.56. The van der Waals surface area contributed by atoms with Crippen molar-refractivity contribution in [1.29, 1.82) is 0 Å². The standard InChI is InChI=1S/C20H20F3N3O/c21-20(22,23)15-8-6-13(7-9-15)18-16-12-26(11-10-17(16)24-25-18)19(27)14-4-2-1-3-5-14/h1-2,6-9,14H,3-5,10-12H2,(H,24,25)/t14-/m0/s1. The fraction of sp³-hybridized carbons (Fsp3) is 0.400. The van der Waals surface area contributed by atoms with E-state index >= 15 is 0 Å². The summed E-state index contributed by atoms with van der Waals surface area (Å²) >= 11 is 0. The minimum atomic E-state index is -4.36. The van der Waals surface area contributed by atoms with E-state index in [0.717, 1.165) is 42.7 Å². The second kappa shape index (κ2) is 6.87. The zero-order chi connectivity index (χ0) is 19.0. The second-order valence-corrected chi connectivity index (χ2v) is 7.10. The number of benzene rings is 1. The summed E-state index contributed by atoms with van der Waals surface area (Å²) < 4.78 is 38.3. The second-order valence-electron chi connectivity index (χ2n) is 7.10. The number of rotatable bonds is 2. The first-order valence-electron chi connectivity index (χ1n) is 9.11. The van der Waals surface area contributed by atoms with E-state index < -0.39 is 11.7 Å². The number of aromatic amines is 1. The largest absolute Gasteiger partial charge is 0.416 e. The van der Waals surface area contributed by atoms with Crippen LogP contribution in [-0.2, 0) is 23.9 Å². The van der Waals surface area contributed by atoms with E-state index in [9.17, 15) is 18.0 Å². The van der Waals surface area contributed by atoms with Gasteiger partial charge in [-0.3, -0.25) is 9.89 Å². The number of halogens is 3. The molecule has 4 rings (SSSR count). The molecule has 1 aromatic heterocycles. The van der Waals surface area contributed by atoms with Gasteiger partial charge < -0.3 is 4.90 Å². The highest BCUT2D eigenvalue weighted by Crippen LogP contribution is 2.33. The first kappa shape index (κ1) is 17.8. The molecule has 1 N–H and O–H groups in total. The Morgan fingerprint density at radius 1 is 1.19 bits per heavy atom. The van der Waals surface area contributed by atoms with Gasteiger partial charge in [0.1, 0.15) is 0 Å². The first-order valence-corrected chi connectivity index (χ1v) is 9.11. The third-order valence-corrected chi connectivity index (χ3v) is 5.35. The Hall–Kier alpha value is -2.57. The van der Waals surface area contributed by atoms with Crippen LogP contribution in [0.25, 0.3) is 11.3 Å². The third kappa shape index (κ3) is 3.50. The number of aromatic nitrogens is 2. The van der Waals surface area contributed by atoms with Crippen molar-refractivity contribution in [3.05, 3.63) is 53.2 Å². The molecule has 2 heterocycles. The molecule has 1 amide bonds. The quantitative estimate of drug-likeness (QED) is 0.794. The molecule has 0 radical (unpaired) electrons. The lowest BCUT2D eigenvalue weighted by Crippen LogP contribution is -2.40. The lowest BCUT2D eigenvalue weighted by atomic mass is 9.92. The van der Waals surface area contributed by atoms with E-state index in [1.807, 2.05) is 4.90 Å². The fourth-order valence-corrected chi connectivity index (χ4v) is 3.82. The van der Waals surface area contributed by atoms with Gasteiger partial charge in [-0.15, -0.1) is 0 Å². The summed E-state index contributed by atoms with van der Waals surface area (Å²) in [7, 11) is 0. The van der Waals surface area contributed by atoms with Crippen LogP contribution in [0.1, 0.15) is 36.1 Å². The summed E-state index contributed by atoms with van der Waals surface area (Å²) in [6.07, 6.45) is 3.06. The molecule has 2 aliphatic rings. The van der Waals surface area contributed by atoms with Crippen LogP contribution in [0, 0.1) is 5.92 Å². The van der Waals surface area contributed by atoms with Gasteiger partial charge in [-0.05, 0) is 31.4 Å². The van der Waals surface area contributed by atoms with E-state index in [2.05, 4.69) is 22.3 Å². The SMILES string of the molecule is O=C([C@H]1CC=CCC1)N1CCc2[nH]nc(-c3ccc(C(F)(F)F)cc3)c2C1. The zero-order valence-electron chi connectivity index (χ0n) is 14.7. The molecule has 2 aromatic rings. The van der Waals surface area contributed by atoms with E-state index in [0.29, 0.717) is 30.8 Å². The van der Waals surface area contributed by atoms with Gasteiger partial charge in [0.2, 0.25) is 5.91 Å². The molecule has 1 atom stereocenters. The smallest absolute Gasteiger partial charge is 0.338 e. The molecule has 0 saturated carbocycles. The maximum Gasteiger partial charge on any atom is 0.416 e. The Labute approximate surface area is 155 Å². The van der Waals surface area contributed by atoms with Gasteiger partial charge >= 0.3 is 6.18 Å². The number of nitrogens with one attached hydrogen (secondary N) is 1. The summed E-state index contributed by atoms with van der Waals surface area (Å²) in [5.74, 6) is 0.183. The minimum absolute atomic E-state index is 0.0259. The lowest BCUT2D eigenvalue weighted by Gasteiger charge is -2.31. The first-order chi connectivity index (χ1) is 12.9. The van der Waals surface area contributed by atoms with E-state index in [4.69, 9.17) is 0 Å². The predicted octanol–water partition coefficient (Wildman–Crippen LogP) is 4.34. The van der Waals surface area contributed by atoms with Crippen molar-refractivity contribution in [1.82, 2.24) is 15.1 Å². The highest BCUT2D eigenvalue weighted by Gasteiger charge is 2.32. The zero-order valence-corrected chi connectivity index (χ0v) is 14.7. The van der Waals surface area contributed by atoms with Crippen molar-refractivity contribution in [3.8, 4) is 11.3 Å². The number of alkyl halides is 3. The average molecular weight is 375 g/mol. The summed E-state index contributed by atoms with van der Waals surface area (Å²) in [4.78, 5) is 14.7. The van der Waals surface area contributed by atoms with Crippen LogP contribution < -0.4 is 0 Å². The van der Waals surface area contributed by atoms with Crippen molar-refractivity contribution < 1.29 is 18.0 Å². The van der Waals surface area contributed by atoms with Crippen LogP contribution >= 0.6 is 0 Å².